The summed E-state index contributed by atoms with van der Waals surface area (Å²) in [6.07, 6.45) is 3.86. The fourth-order valence-electron chi connectivity index (χ4n) is 4.31. The van der Waals surface area contributed by atoms with Crippen molar-refractivity contribution in [2.24, 2.45) is 0 Å². The summed E-state index contributed by atoms with van der Waals surface area (Å²) in [5.41, 5.74) is 3.79. The second-order valence-corrected chi connectivity index (χ2v) is 10.7. The molecule has 3 aromatic carbocycles. The van der Waals surface area contributed by atoms with Gasteiger partial charge in [-0.2, -0.15) is 5.26 Å². The van der Waals surface area contributed by atoms with Crippen LogP contribution in [0.3, 0.4) is 0 Å². The maximum atomic E-state index is 13.3. The first-order valence-electron chi connectivity index (χ1n) is 12.2. The van der Waals surface area contributed by atoms with Gasteiger partial charge in [-0.15, -0.1) is 0 Å². The Morgan fingerprint density at radius 2 is 1.59 bits per heavy atom. The maximum Gasteiger partial charge on any atom is 0.339 e. The van der Waals surface area contributed by atoms with E-state index in [0.717, 1.165) is 36.6 Å². The van der Waals surface area contributed by atoms with E-state index in [1.165, 1.54) is 11.1 Å². The van der Waals surface area contributed by atoms with Crippen LogP contribution in [0, 0.1) is 11.3 Å². The van der Waals surface area contributed by atoms with Gasteiger partial charge in [0.05, 0.1) is 29.6 Å². The Bertz CT molecular complexity index is 1400. The molecule has 0 unspecified atom stereocenters. The van der Waals surface area contributed by atoms with Gasteiger partial charge in [-0.1, -0.05) is 61.4 Å². The van der Waals surface area contributed by atoms with Crippen molar-refractivity contribution < 1.29 is 18.0 Å². The molecule has 1 heterocycles. The lowest BCUT2D eigenvalue weighted by Gasteiger charge is -2.30. The molecule has 1 aliphatic heterocycles. The summed E-state index contributed by atoms with van der Waals surface area (Å²) in [4.78, 5) is 28.0. The van der Waals surface area contributed by atoms with Crippen LogP contribution in [-0.2, 0) is 21.4 Å². The fraction of sp³-hybridized carbons (Fsp3) is 0.296. The van der Waals surface area contributed by atoms with Gasteiger partial charge in [0.25, 0.3) is 5.91 Å². The molecule has 10 heteroatoms. The van der Waals surface area contributed by atoms with Crippen LogP contribution in [0.4, 0.5) is 4.79 Å². The molecule has 0 aromatic heterocycles. The first-order chi connectivity index (χ1) is 17.9. The van der Waals surface area contributed by atoms with Gasteiger partial charge in [-0.25, -0.2) is 22.9 Å². The van der Waals surface area contributed by atoms with Gasteiger partial charge in [-0.05, 0) is 42.0 Å². The van der Waals surface area contributed by atoms with Crippen molar-refractivity contribution in [3.63, 3.8) is 0 Å². The molecule has 1 saturated heterocycles. The Labute approximate surface area is 216 Å². The lowest BCUT2D eigenvalue weighted by Crippen LogP contribution is -2.53. The average Bonchev–Trinajstić information content (AvgIpc) is 3.21. The van der Waals surface area contributed by atoms with E-state index in [9.17, 15) is 18.0 Å². The molecule has 1 aliphatic rings. The zero-order valence-corrected chi connectivity index (χ0v) is 21.2. The number of likely N-dealkylation sites (tertiary alicyclic amines) is 1. The number of nitriles is 1. The number of hydrogen-bond donors (Lipinski definition) is 2. The van der Waals surface area contributed by atoms with Crippen molar-refractivity contribution in [2.75, 3.05) is 19.6 Å². The quantitative estimate of drug-likeness (QED) is 0.483. The predicted octanol–water partition coefficient (Wildman–Crippen LogP) is 3.52. The molecule has 2 N–H and O–H groups in total. The van der Waals surface area contributed by atoms with Crippen molar-refractivity contribution in [3.8, 4) is 6.07 Å². The number of hydrogen-bond acceptors (Lipinski definition) is 5. The number of benzene rings is 3. The van der Waals surface area contributed by atoms with Gasteiger partial charge in [0, 0.05) is 18.5 Å². The Morgan fingerprint density at radius 3 is 2.30 bits per heavy atom. The molecular weight excluding hydrogens is 490 g/mol. The Balaban J connectivity index is 1.48. The lowest BCUT2D eigenvalue weighted by molar-refractivity contribution is -0.124. The number of nitrogens with zero attached hydrogens (tertiary/aromatic N) is 3. The molecule has 0 saturated carbocycles. The van der Waals surface area contributed by atoms with Crippen LogP contribution >= 0.6 is 0 Å². The van der Waals surface area contributed by atoms with E-state index in [4.69, 9.17) is 5.26 Å². The molecule has 3 aromatic rings. The highest BCUT2D eigenvalue weighted by Crippen LogP contribution is 2.22. The fourth-order valence-corrected chi connectivity index (χ4v) is 5.52. The number of amides is 3. The molecule has 0 aliphatic carbocycles. The number of fused-ring (bicyclic) bond motifs is 1. The van der Waals surface area contributed by atoms with Crippen LogP contribution < -0.4 is 10.1 Å². The first-order valence-corrected chi connectivity index (χ1v) is 13.7. The van der Waals surface area contributed by atoms with Crippen molar-refractivity contribution in [2.45, 2.75) is 37.1 Å². The van der Waals surface area contributed by atoms with Crippen LogP contribution in [0.5, 0.6) is 0 Å². The Kier molecular flexibility index (Phi) is 8.38. The molecule has 9 nitrogen and oxygen atoms in total. The summed E-state index contributed by atoms with van der Waals surface area (Å²) in [5.74, 6) is -0.666. The van der Waals surface area contributed by atoms with E-state index in [2.05, 4.69) is 16.2 Å². The molecule has 0 atom stereocenters. The van der Waals surface area contributed by atoms with E-state index >= 15 is 0 Å². The monoisotopic (exact) mass is 519 g/mol. The summed E-state index contributed by atoms with van der Waals surface area (Å²) in [6.45, 7) is 0.712. The van der Waals surface area contributed by atoms with Crippen LogP contribution in [-0.4, -0.2) is 49.9 Å². The third kappa shape index (κ3) is 6.64. The number of hydrazine groups is 1. The summed E-state index contributed by atoms with van der Waals surface area (Å²) in [5, 5.41) is 11.6. The molecule has 37 heavy (non-hydrogen) atoms. The highest BCUT2D eigenvalue weighted by atomic mass is 32.2. The minimum atomic E-state index is -3.99. The van der Waals surface area contributed by atoms with Crippen molar-refractivity contribution in [3.05, 3.63) is 77.9 Å². The molecule has 192 valence electrons. The summed E-state index contributed by atoms with van der Waals surface area (Å²) in [7, 11) is -3.99. The smallest absolute Gasteiger partial charge is 0.323 e. The summed E-state index contributed by atoms with van der Waals surface area (Å²) >= 11 is 0. The van der Waals surface area contributed by atoms with Crippen LogP contribution in [0.15, 0.2) is 71.6 Å². The Morgan fingerprint density at radius 1 is 0.919 bits per heavy atom. The zero-order chi connectivity index (χ0) is 26.3. The number of rotatable bonds is 6. The highest BCUT2D eigenvalue weighted by molar-refractivity contribution is 7.89. The first kappa shape index (κ1) is 26.1. The van der Waals surface area contributed by atoms with Crippen molar-refractivity contribution >= 4 is 32.7 Å². The van der Waals surface area contributed by atoms with E-state index in [0.29, 0.717) is 24.0 Å². The maximum absolute atomic E-state index is 13.3. The normalized spacial score (nSPS) is 14.0. The number of carbonyl (C=O) groups is 2. The molecule has 0 bridgehead atoms. The number of nitrogens with one attached hydrogen (secondary N) is 2. The van der Waals surface area contributed by atoms with Crippen molar-refractivity contribution in [1.82, 2.24) is 20.1 Å². The van der Waals surface area contributed by atoms with Crippen LogP contribution in [0.25, 0.3) is 10.8 Å². The number of urea groups is 1. The highest BCUT2D eigenvalue weighted by Gasteiger charge is 2.25. The minimum absolute atomic E-state index is 0.0723. The molecule has 0 spiro atoms. The molecule has 0 radical (unpaired) electrons. The average molecular weight is 520 g/mol. The topological polar surface area (TPSA) is 123 Å². The SMILES string of the molecule is N#Cc1ccc(CN(NC(=O)CNS(=O)(=O)c2cccc3ccccc23)C(=O)N2CCCCCC2)cc1. The third-order valence-electron chi connectivity index (χ3n) is 6.25. The predicted molar refractivity (Wildman–Crippen MR) is 139 cm³/mol. The summed E-state index contributed by atoms with van der Waals surface area (Å²) in [6, 6.07) is 20.5. The molecule has 1 fully saturated rings. The van der Waals surface area contributed by atoms with Gasteiger partial charge in [0.15, 0.2) is 0 Å². The minimum Gasteiger partial charge on any atom is -0.323 e. The largest absolute Gasteiger partial charge is 0.339 e. The van der Waals surface area contributed by atoms with E-state index in [-0.39, 0.29) is 17.5 Å². The van der Waals surface area contributed by atoms with Gasteiger partial charge in [-0.3, -0.25) is 10.2 Å². The second kappa shape index (κ2) is 11.9. The third-order valence-corrected chi connectivity index (χ3v) is 7.71. The number of carbonyl (C=O) groups excluding carboxylic acids is 2. The van der Waals surface area contributed by atoms with Gasteiger partial charge in [0.2, 0.25) is 10.0 Å². The van der Waals surface area contributed by atoms with E-state index < -0.39 is 22.5 Å². The van der Waals surface area contributed by atoms with E-state index in [1.54, 1.807) is 47.4 Å². The zero-order valence-electron chi connectivity index (χ0n) is 20.4. The standard InChI is InChI=1S/C27H29N5O4S/c28-18-21-12-14-22(15-13-21)20-32(27(34)31-16-5-1-2-6-17-31)30-26(33)19-29-37(35,36)25-11-7-9-23-8-3-4-10-24(23)25/h3-4,7-15,29H,1-2,5-6,16-17,19-20H2,(H,30,33). The summed E-state index contributed by atoms with van der Waals surface area (Å²) < 4.78 is 28.4. The van der Waals surface area contributed by atoms with Gasteiger partial charge < -0.3 is 4.90 Å². The Hall–Kier alpha value is -3.94. The molecule has 3 amide bonds. The van der Waals surface area contributed by atoms with Crippen molar-refractivity contribution in [1.29, 1.82) is 5.26 Å². The van der Waals surface area contributed by atoms with Gasteiger partial charge >= 0.3 is 6.03 Å². The van der Waals surface area contributed by atoms with Gasteiger partial charge in [0.1, 0.15) is 0 Å². The lowest BCUT2D eigenvalue weighted by atomic mass is 10.1. The van der Waals surface area contributed by atoms with Crippen LogP contribution in [0.1, 0.15) is 36.8 Å². The van der Waals surface area contributed by atoms with E-state index in [1.807, 2.05) is 18.2 Å². The van der Waals surface area contributed by atoms with Crippen LogP contribution in [0.2, 0.25) is 0 Å². The second-order valence-electron chi connectivity index (χ2n) is 8.92. The number of sulfonamides is 1. The molecule has 4 rings (SSSR count). The molecular formula is C27H29N5O4S.